The molecule has 3 aliphatic rings. The van der Waals surface area contributed by atoms with Gasteiger partial charge in [0.05, 0.1) is 36.7 Å². The molecular formula is C31H34N6O6S. The summed E-state index contributed by atoms with van der Waals surface area (Å²) < 4.78 is 42.8. The number of aryl methyl sites for hydroxylation is 2. The number of hydrogen-bond acceptors (Lipinski definition) is 9. The van der Waals surface area contributed by atoms with Gasteiger partial charge in [0.15, 0.2) is 5.60 Å². The number of carboxylic acid groups (broad SMARTS) is 1. The van der Waals surface area contributed by atoms with Crippen molar-refractivity contribution in [1.29, 1.82) is 0 Å². The third-order valence-corrected chi connectivity index (χ3v) is 11.0. The molecule has 1 spiro atoms. The van der Waals surface area contributed by atoms with Crippen LogP contribution in [-0.2, 0) is 26.1 Å². The van der Waals surface area contributed by atoms with Crippen molar-refractivity contribution in [2.24, 2.45) is 5.41 Å². The number of carbonyl (C=O) groups is 1. The van der Waals surface area contributed by atoms with E-state index in [1.165, 1.54) is 16.6 Å². The number of rotatable bonds is 7. The molecule has 4 aromatic rings. The van der Waals surface area contributed by atoms with Gasteiger partial charge in [-0.3, -0.25) is 9.78 Å². The molecule has 3 aromatic heterocycles. The van der Waals surface area contributed by atoms with Crippen LogP contribution < -0.4 is 4.74 Å². The molecule has 13 heteroatoms. The minimum absolute atomic E-state index is 0.00130. The molecule has 12 nitrogen and oxygen atoms in total. The van der Waals surface area contributed by atoms with Crippen LogP contribution in [-0.4, -0.2) is 74.1 Å². The predicted octanol–water partition coefficient (Wildman–Crippen LogP) is 3.77. The Hall–Kier alpha value is -3.94. The van der Waals surface area contributed by atoms with E-state index in [0.29, 0.717) is 22.9 Å². The van der Waals surface area contributed by atoms with Gasteiger partial charge in [-0.15, -0.1) is 5.10 Å². The maximum absolute atomic E-state index is 13.9. The fourth-order valence-electron chi connectivity index (χ4n) is 6.32. The van der Waals surface area contributed by atoms with E-state index >= 15 is 0 Å². The standard InChI is InChI=1S/C31H34N6O6S/c1-18-23(9-10-24-27(18)34-35-37(24)22-7-8-22)26(30(3,4)29(38)39)20-12-21(19(2)33-13-20)14-36-15-31(16-42-17-31)43-28-25(44(36,40)41)6-5-11-32-28/h5-6,9-13,22,26H,7-8,14-17H2,1-4H3,(H,38,39). The smallest absolute Gasteiger partial charge is 0.310 e. The van der Waals surface area contributed by atoms with Crippen molar-refractivity contribution in [3.8, 4) is 5.88 Å². The Morgan fingerprint density at radius 2 is 1.95 bits per heavy atom. The van der Waals surface area contributed by atoms with E-state index in [4.69, 9.17) is 9.47 Å². The highest BCUT2D eigenvalue weighted by molar-refractivity contribution is 7.89. The van der Waals surface area contributed by atoms with Gasteiger partial charge >= 0.3 is 5.97 Å². The lowest BCUT2D eigenvalue weighted by Crippen LogP contribution is -2.60. The van der Waals surface area contributed by atoms with E-state index in [1.807, 2.05) is 36.7 Å². The second-order valence-electron chi connectivity index (χ2n) is 12.7. The van der Waals surface area contributed by atoms with E-state index in [0.717, 1.165) is 35.0 Å². The maximum Gasteiger partial charge on any atom is 0.310 e. The Morgan fingerprint density at radius 3 is 2.64 bits per heavy atom. The first-order valence-corrected chi connectivity index (χ1v) is 16.1. The molecule has 2 fully saturated rings. The van der Waals surface area contributed by atoms with Crippen molar-refractivity contribution in [3.05, 3.63) is 70.7 Å². The molecule has 1 unspecified atom stereocenters. The first kappa shape index (κ1) is 28.8. The van der Waals surface area contributed by atoms with Crippen LogP contribution in [0.1, 0.15) is 66.6 Å². The van der Waals surface area contributed by atoms with Gasteiger partial charge < -0.3 is 14.6 Å². The monoisotopic (exact) mass is 618 g/mol. The fraction of sp³-hybridized carbons (Fsp3) is 0.452. The van der Waals surface area contributed by atoms with Gasteiger partial charge in [0, 0.05) is 30.6 Å². The van der Waals surface area contributed by atoms with Crippen LogP contribution in [0.15, 0.2) is 47.6 Å². The molecule has 1 aliphatic carbocycles. The molecule has 230 valence electrons. The molecule has 0 radical (unpaired) electrons. The van der Waals surface area contributed by atoms with Crippen LogP contribution in [0.2, 0.25) is 0 Å². The summed E-state index contributed by atoms with van der Waals surface area (Å²) in [6.07, 6.45) is 5.34. The Bertz CT molecular complexity index is 1910. The fourth-order valence-corrected chi connectivity index (χ4v) is 7.88. The third-order valence-electron chi connectivity index (χ3n) is 9.17. The highest BCUT2D eigenvalue weighted by Crippen LogP contribution is 2.45. The zero-order valence-corrected chi connectivity index (χ0v) is 25.8. The van der Waals surface area contributed by atoms with Gasteiger partial charge in [-0.05, 0) is 81.0 Å². The number of benzene rings is 1. The number of sulfonamides is 1. The molecular weight excluding hydrogens is 584 g/mol. The van der Waals surface area contributed by atoms with Gasteiger partial charge in [0.1, 0.15) is 10.4 Å². The third kappa shape index (κ3) is 4.56. The first-order valence-electron chi connectivity index (χ1n) is 14.7. The Balaban J connectivity index is 1.32. The first-order chi connectivity index (χ1) is 20.9. The molecule has 1 N–H and O–H groups in total. The summed E-state index contributed by atoms with van der Waals surface area (Å²) in [5.74, 6) is -1.51. The number of fused-ring (bicyclic) bond motifs is 2. The van der Waals surface area contributed by atoms with Gasteiger partial charge in [-0.25, -0.2) is 18.1 Å². The number of aliphatic carboxylic acids is 1. The molecule has 0 amide bonds. The number of ether oxygens (including phenoxy) is 2. The quantitative estimate of drug-likeness (QED) is 0.324. The normalized spacial score (nSPS) is 20.0. The SMILES string of the molecule is Cc1ncc(C(c2ccc3c(nnn3C3CC3)c2C)C(C)(C)C(=O)O)cc1CN1CC2(COC2)Oc2ncccc2S1(=O)=O. The van der Waals surface area contributed by atoms with Crippen LogP contribution >= 0.6 is 0 Å². The molecule has 0 bridgehead atoms. The zero-order valence-electron chi connectivity index (χ0n) is 25.0. The predicted molar refractivity (Wildman–Crippen MR) is 159 cm³/mol. The molecule has 1 saturated carbocycles. The largest absolute Gasteiger partial charge is 0.481 e. The average molecular weight is 619 g/mol. The average Bonchev–Trinajstić information content (AvgIpc) is 3.73. The van der Waals surface area contributed by atoms with Crippen LogP contribution in [0.3, 0.4) is 0 Å². The highest BCUT2D eigenvalue weighted by atomic mass is 32.2. The summed E-state index contributed by atoms with van der Waals surface area (Å²) in [7, 11) is -3.99. The molecule has 5 heterocycles. The van der Waals surface area contributed by atoms with E-state index in [9.17, 15) is 18.3 Å². The topological polar surface area (TPSA) is 150 Å². The lowest BCUT2D eigenvalue weighted by Gasteiger charge is -2.41. The minimum atomic E-state index is -3.99. The van der Waals surface area contributed by atoms with Crippen molar-refractivity contribution in [2.45, 2.75) is 69.5 Å². The van der Waals surface area contributed by atoms with Gasteiger partial charge in [0.2, 0.25) is 15.9 Å². The lowest BCUT2D eigenvalue weighted by atomic mass is 9.70. The van der Waals surface area contributed by atoms with Crippen LogP contribution in [0.4, 0.5) is 0 Å². The van der Waals surface area contributed by atoms with E-state index < -0.39 is 32.9 Å². The minimum Gasteiger partial charge on any atom is -0.481 e. The number of pyridine rings is 2. The van der Waals surface area contributed by atoms with E-state index in [1.54, 1.807) is 26.1 Å². The van der Waals surface area contributed by atoms with Crippen LogP contribution in [0.25, 0.3) is 11.0 Å². The van der Waals surface area contributed by atoms with Crippen LogP contribution in [0, 0.1) is 19.3 Å². The Kier molecular flexibility index (Phi) is 6.58. The lowest BCUT2D eigenvalue weighted by molar-refractivity contribution is -0.166. The van der Waals surface area contributed by atoms with Gasteiger partial charge in [-0.1, -0.05) is 17.3 Å². The second kappa shape index (κ2) is 10.0. The molecule has 44 heavy (non-hydrogen) atoms. The highest BCUT2D eigenvalue weighted by Gasteiger charge is 2.49. The van der Waals surface area contributed by atoms with Gasteiger partial charge in [0.25, 0.3) is 0 Å². The van der Waals surface area contributed by atoms with Crippen molar-refractivity contribution >= 4 is 27.0 Å². The summed E-state index contributed by atoms with van der Waals surface area (Å²) in [5.41, 5.74) is 3.25. The molecule has 1 aromatic carbocycles. The summed E-state index contributed by atoms with van der Waals surface area (Å²) in [5, 5.41) is 19.3. The summed E-state index contributed by atoms with van der Waals surface area (Å²) in [4.78, 5) is 21.6. The molecule has 2 aliphatic heterocycles. The number of hydrogen-bond donors (Lipinski definition) is 1. The van der Waals surface area contributed by atoms with Crippen molar-refractivity contribution < 1.29 is 27.8 Å². The molecule has 7 rings (SSSR count). The summed E-state index contributed by atoms with van der Waals surface area (Å²) >= 11 is 0. The summed E-state index contributed by atoms with van der Waals surface area (Å²) in [6.45, 7) is 7.75. The Morgan fingerprint density at radius 1 is 1.18 bits per heavy atom. The van der Waals surface area contributed by atoms with Crippen molar-refractivity contribution in [2.75, 3.05) is 19.8 Å². The number of aromatic nitrogens is 5. The number of nitrogens with zero attached hydrogens (tertiary/aromatic N) is 6. The maximum atomic E-state index is 13.9. The summed E-state index contributed by atoms with van der Waals surface area (Å²) in [6, 6.07) is 9.25. The van der Waals surface area contributed by atoms with E-state index in [2.05, 4.69) is 20.3 Å². The van der Waals surface area contributed by atoms with Crippen LogP contribution in [0.5, 0.6) is 5.88 Å². The van der Waals surface area contributed by atoms with Gasteiger partial charge in [-0.2, -0.15) is 4.31 Å². The number of carboxylic acids is 1. The second-order valence-corrected chi connectivity index (χ2v) is 14.6. The van der Waals surface area contributed by atoms with E-state index in [-0.39, 0.29) is 37.1 Å². The Labute approximate surface area is 255 Å². The molecule has 1 atom stereocenters. The molecule has 1 saturated heterocycles. The van der Waals surface area contributed by atoms with Crippen molar-refractivity contribution in [1.82, 2.24) is 29.3 Å². The zero-order chi connectivity index (χ0) is 31.0. The van der Waals surface area contributed by atoms with Crippen molar-refractivity contribution in [3.63, 3.8) is 0 Å².